The summed E-state index contributed by atoms with van der Waals surface area (Å²) < 4.78 is 0. The Morgan fingerprint density at radius 1 is 1.67 bits per heavy atom. The van der Waals surface area contributed by atoms with Crippen molar-refractivity contribution in [3.05, 3.63) is 0 Å². The highest BCUT2D eigenvalue weighted by molar-refractivity contribution is 5.95. The Morgan fingerprint density at radius 2 is 2.22 bits per heavy atom. The second kappa shape index (κ2) is 3.71. The van der Waals surface area contributed by atoms with Crippen LogP contribution in [0.3, 0.4) is 0 Å². The smallest absolute Gasteiger partial charge is 0.318 e. The molecule has 0 heterocycles. The maximum absolute atomic E-state index is 10.1. The maximum Gasteiger partial charge on any atom is 0.318 e. The van der Waals surface area contributed by atoms with Gasteiger partial charge in [0.05, 0.1) is 0 Å². The summed E-state index contributed by atoms with van der Waals surface area (Å²) in [5, 5.41) is 4.88. The van der Waals surface area contributed by atoms with E-state index in [-0.39, 0.29) is 0 Å². The number of nitrogens with zero attached hydrogens (tertiary/aromatic N) is 1. The number of nitrogens with two attached hydrogens (primary N) is 1. The van der Waals surface area contributed by atoms with Crippen molar-refractivity contribution in [1.29, 1.82) is 0 Å². The molecule has 0 unspecified atom stereocenters. The van der Waals surface area contributed by atoms with E-state index in [1.807, 2.05) is 0 Å². The van der Waals surface area contributed by atoms with Crippen molar-refractivity contribution in [2.75, 3.05) is 14.1 Å². The average molecular weight is 130 g/mol. The van der Waals surface area contributed by atoms with Crippen LogP contribution in [-0.4, -0.2) is 26.1 Å². The number of rotatable bonds is 0. The lowest BCUT2D eigenvalue weighted by Crippen LogP contribution is -2.41. The van der Waals surface area contributed by atoms with Gasteiger partial charge in [0, 0.05) is 14.1 Å². The van der Waals surface area contributed by atoms with Crippen LogP contribution in [0.25, 0.3) is 0 Å². The van der Waals surface area contributed by atoms with E-state index < -0.39 is 6.03 Å². The molecule has 0 aromatic carbocycles. The molecular weight excluding hydrogens is 120 g/mol. The van der Waals surface area contributed by atoms with Gasteiger partial charge in [-0.2, -0.15) is 0 Å². The van der Waals surface area contributed by atoms with Crippen LogP contribution >= 0.6 is 0 Å². The summed E-state index contributed by atoms with van der Waals surface area (Å²) in [5.41, 5.74) is 4.77. The zero-order valence-corrected chi connectivity index (χ0v) is 5.43. The summed E-state index contributed by atoms with van der Waals surface area (Å²) in [4.78, 5) is 13.8. The number of aliphatic imine (C=N–C) groups is 1. The first kappa shape index (κ1) is 7.74. The zero-order chi connectivity index (χ0) is 7.28. The number of hydrogen-bond donors (Lipinski definition) is 3. The highest BCUT2D eigenvalue weighted by Gasteiger charge is 1.94. The molecule has 4 N–H and O–H groups in total. The number of guanidine groups is 1. The molecular formula is C4H10N4O. The van der Waals surface area contributed by atoms with Gasteiger partial charge in [-0.15, -0.1) is 0 Å². The van der Waals surface area contributed by atoms with Crippen molar-refractivity contribution in [2.45, 2.75) is 0 Å². The average Bonchev–Trinajstić information content (AvgIpc) is 1.82. The third-order valence-electron chi connectivity index (χ3n) is 0.702. The summed E-state index contributed by atoms with van der Waals surface area (Å²) in [6.07, 6.45) is 0. The molecule has 0 aromatic rings. The molecule has 52 valence electrons. The van der Waals surface area contributed by atoms with Gasteiger partial charge in [-0.1, -0.05) is 0 Å². The van der Waals surface area contributed by atoms with Crippen LogP contribution in [-0.2, 0) is 0 Å². The molecule has 5 heteroatoms. The Hall–Kier alpha value is -1.26. The van der Waals surface area contributed by atoms with Gasteiger partial charge in [-0.25, -0.2) is 4.79 Å². The number of hydrogen-bond acceptors (Lipinski definition) is 2. The fraction of sp³-hybridized carbons (Fsp3) is 0.500. The molecule has 0 spiro atoms. The van der Waals surface area contributed by atoms with Crippen LogP contribution in [0.15, 0.2) is 4.99 Å². The van der Waals surface area contributed by atoms with E-state index in [1.54, 1.807) is 14.1 Å². The molecule has 0 fully saturated rings. The number of carbonyl (C=O) groups excluding carboxylic acids is 1. The number of amides is 2. The minimum absolute atomic E-state index is 0.363. The fourth-order valence-corrected chi connectivity index (χ4v) is 0.347. The predicted octanol–water partition coefficient (Wildman–Crippen LogP) is -1.14. The summed E-state index contributed by atoms with van der Waals surface area (Å²) >= 11 is 0. The highest BCUT2D eigenvalue weighted by Crippen LogP contribution is 1.61. The molecule has 0 saturated carbocycles. The minimum Gasteiger partial charge on any atom is -0.359 e. The lowest BCUT2D eigenvalue weighted by Gasteiger charge is -2.01. The Bertz CT molecular complexity index is 131. The summed E-state index contributed by atoms with van der Waals surface area (Å²) in [6.45, 7) is 0. The van der Waals surface area contributed by atoms with Crippen LogP contribution in [0.2, 0.25) is 0 Å². The first-order valence-electron chi connectivity index (χ1n) is 2.41. The standard InChI is InChI=1S/C4H10N4O/c1-6-4(7-2)8-3(5)9/h1-2H3,(H4,5,6,7,8,9). The molecule has 0 rings (SSSR count). The Labute approximate surface area is 53.3 Å². The van der Waals surface area contributed by atoms with E-state index in [9.17, 15) is 4.79 Å². The second-order valence-electron chi connectivity index (χ2n) is 1.31. The molecule has 2 amide bonds. The third kappa shape index (κ3) is 3.33. The molecule has 0 aliphatic carbocycles. The SMILES string of the molecule is CN=C(NC)NC(N)=O. The van der Waals surface area contributed by atoms with Gasteiger partial charge in [0.2, 0.25) is 0 Å². The Balaban J connectivity index is 3.71. The molecule has 5 nitrogen and oxygen atoms in total. The summed E-state index contributed by atoms with van der Waals surface area (Å²) in [6, 6.07) is -0.620. The molecule has 0 bridgehead atoms. The van der Waals surface area contributed by atoms with E-state index in [0.29, 0.717) is 5.96 Å². The van der Waals surface area contributed by atoms with Gasteiger partial charge in [0.25, 0.3) is 0 Å². The van der Waals surface area contributed by atoms with Gasteiger partial charge < -0.3 is 11.1 Å². The van der Waals surface area contributed by atoms with E-state index in [1.165, 1.54) is 0 Å². The van der Waals surface area contributed by atoms with Crippen LogP contribution in [0.4, 0.5) is 4.79 Å². The van der Waals surface area contributed by atoms with Crippen LogP contribution in [0.5, 0.6) is 0 Å². The molecule has 0 saturated heterocycles. The molecule has 0 atom stereocenters. The van der Waals surface area contributed by atoms with Gasteiger partial charge in [0.15, 0.2) is 5.96 Å². The first-order chi connectivity index (χ1) is 4.20. The van der Waals surface area contributed by atoms with Crippen LogP contribution in [0, 0.1) is 0 Å². The van der Waals surface area contributed by atoms with E-state index >= 15 is 0 Å². The molecule has 0 aromatic heterocycles. The molecule has 9 heavy (non-hydrogen) atoms. The van der Waals surface area contributed by atoms with Crippen molar-refractivity contribution < 1.29 is 4.79 Å². The van der Waals surface area contributed by atoms with Crippen molar-refractivity contribution >= 4 is 12.0 Å². The molecule has 0 radical (unpaired) electrons. The zero-order valence-electron chi connectivity index (χ0n) is 5.43. The predicted molar refractivity (Wildman–Crippen MR) is 35.1 cm³/mol. The van der Waals surface area contributed by atoms with E-state index in [0.717, 1.165) is 0 Å². The largest absolute Gasteiger partial charge is 0.359 e. The number of primary amides is 1. The monoisotopic (exact) mass is 130 g/mol. The number of nitrogens with one attached hydrogen (secondary N) is 2. The summed E-state index contributed by atoms with van der Waals surface area (Å²) in [7, 11) is 3.18. The Morgan fingerprint density at radius 3 is 2.33 bits per heavy atom. The number of carbonyl (C=O) groups is 1. The van der Waals surface area contributed by atoms with Crippen molar-refractivity contribution in [3.8, 4) is 0 Å². The van der Waals surface area contributed by atoms with Crippen LogP contribution in [0.1, 0.15) is 0 Å². The van der Waals surface area contributed by atoms with Gasteiger partial charge in [-0.3, -0.25) is 10.3 Å². The van der Waals surface area contributed by atoms with Crippen molar-refractivity contribution in [3.63, 3.8) is 0 Å². The van der Waals surface area contributed by atoms with Gasteiger partial charge in [0.1, 0.15) is 0 Å². The molecule has 0 aliphatic heterocycles. The minimum atomic E-state index is -0.620. The molecule has 0 aliphatic rings. The lowest BCUT2D eigenvalue weighted by molar-refractivity contribution is 0.253. The summed E-state index contributed by atoms with van der Waals surface area (Å²) in [5.74, 6) is 0.363. The fourth-order valence-electron chi connectivity index (χ4n) is 0.347. The van der Waals surface area contributed by atoms with Crippen molar-refractivity contribution in [1.82, 2.24) is 10.6 Å². The quantitative estimate of drug-likeness (QED) is 0.286. The van der Waals surface area contributed by atoms with E-state index in [2.05, 4.69) is 15.6 Å². The van der Waals surface area contributed by atoms with Crippen molar-refractivity contribution in [2.24, 2.45) is 10.7 Å². The normalized spacial score (nSPS) is 10.7. The van der Waals surface area contributed by atoms with Crippen LogP contribution < -0.4 is 16.4 Å². The van der Waals surface area contributed by atoms with E-state index in [4.69, 9.17) is 5.73 Å². The van der Waals surface area contributed by atoms with Gasteiger partial charge in [-0.05, 0) is 0 Å². The topological polar surface area (TPSA) is 79.5 Å². The lowest BCUT2D eigenvalue weighted by atomic mass is 10.8. The maximum atomic E-state index is 10.1. The first-order valence-corrected chi connectivity index (χ1v) is 2.41. The second-order valence-corrected chi connectivity index (χ2v) is 1.31. The Kier molecular flexibility index (Phi) is 3.19. The third-order valence-corrected chi connectivity index (χ3v) is 0.702. The highest BCUT2D eigenvalue weighted by atomic mass is 16.2. The number of urea groups is 1. The van der Waals surface area contributed by atoms with Gasteiger partial charge >= 0.3 is 6.03 Å².